The third kappa shape index (κ3) is 8.24. The Morgan fingerprint density at radius 1 is 0.807 bits per heavy atom. The number of hydrogen-bond donors (Lipinski definition) is 6. The second-order valence-electron chi connectivity index (χ2n) is 15.3. The SMILES string of the molecule is COC(=O)NC(C(=O)N1CCCC1c1nc2ccc(-c3cnc(Nc4ccc5nc(C6CCCN6C(=O)C(NC(=O)CO)C(C)C)[nH]c5c4)cn3)cc2[nH]1)C(C)C. The van der Waals surface area contributed by atoms with Crippen molar-refractivity contribution in [2.75, 3.05) is 32.1 Å². The number of ether oxygens (including phenoxy) is 1. The van der Waals surface area contributed by atoms with Crippen LogP contribution in [0.5, 0.6) is 0 Å². The second-order valence-corrected chi connectivity index (χ2v) is 15.3. The van der Waals surface area contributed by atoms with Crippen molar-refractivity contribution in [2.45, 2.75) is 77.5 Å². The summed E-state index contributed by atoms with van der Waals surface area (Å²) in [5.41, 5.74) is 5.42. The first kappa shape index (κ1) is 39.1. The highest BCUT2D eigenvalue weighted by molar-refractivity contribution is 5.89. The summed E-state index contributed by atoms with van der Waals surface area (Å²) in [7, 11) is 1.28. The van der Waals surface area contributed by atoms with Crippen molar-refractivity contribution in [3.8, 4) is 11.3 Å². The molecule has 4 unspecified atom stereocenters. The average molecular weight is 780 g/mol. The number of aliphatic hydroxyl groups is 1. The predicted molar refractivity (Wildman–Crippen MR) is 212 cm³/mol. The average Bonchev–Trinajstić information content (AvgIpc) is 4.03. The standard InChI is InChI=1S/C40H49N11O6/c1-21(2)34(48-33(53)20-52)38(54)50-14-6-9-31(50)37-45-26-13-11-24(17-28(26)47-37)43-32-19-41-29(18-42-32)23-10-12-25-27(16-23)46-36(44-25)30-8-7-15-51(30)39(55)35(22(3)4)49-40(56)57-5/h10-13,16-19,21-22,30-31,34-35,52H,6-9,14-15,20H2,1-5H3,(H,42,43)(H,44,46)(H,45,47)(H,48,53)(H,49,56). The molecule has 57 heavy (non-hydrogen) atoms. The Bertz CT molecular complexity index is 2270. The largest absolute Gasteiger partial charge is 0.453 e. The number of fused-ring (bicyclic) bond motifs is 2. The first-order chi connectivity index (χ1) is 27.4. The lowest BCUT2D eigenvalue weighted by molar-refractivity contribution is -0.139. The number of likely N-dealkylation sites (tertiary alicyclic amines) is 2. The number of carbonyl (C=O) groups is 4. The molecule has 2 aromatic carbocycles. The molecule has 7 rings (SSSR count). The molecule has 4 atom stereocenters. The number of alkyl carbamates (subject to hydrolysis) is 1. The first-order valence-corrected chi connectivity index (χ1v) is 19.4. The fourth-order valence-corrected chi connectivity index (χ4v) is 7.72. The van der Waals surface area contributed by atoms with E-state index in [-0.39, 0.29) is 35.7 Å². The first-order valence-electron chi connectivity index (χ1n) is 19.4. The predicted octanol–water partition coefficient (Wildman–Crippen LogP) is 4.48. The molecule has 17 nitrogen and oxygen atoms in total. The molecule has 0 aliphatic carbocycles. The number of methoxy groups -OCH3 is 1. The van der Waals surface area contributed by atoms with Gasteiger partial charge in [0.15, 0.2) is 0 Å². The number of imidazole rings is 2. The summed E-state index contributed by atoms with van der Waals surface area (Å²) in [5, 5.41) is 17.9. The molecule has 0 bridgehead atoms. The van der Waals surface area contributed by atoms with Crippen LogP contribution in [-0.2, 0) is 19.1 Å². The fourth-order valence-electron chi connectivity index (χ4n) is 7.72. The number of aromatic amines is 2. The topological polar surface area (TPSA) is 223 Å². The van der Waals surface area contributed by atoms with Gasteiger partial charge in [-0.15, -0.1) is 0 Å². The molecule has 3 aromatic heterocycles. The van der Waals surface area contributed by atoms with Crippen molar-refractivity contribution in [1.82, 2.24) is 50.3 Å². The highest BCUT2D eigenvalue weighted by Gasteiger charge is 2.39. The van der Waals surface area contributed by atoms with Crippen LogP contribution in [0, 0.1) is 11.8 Å². The smallest absolute Gasteiger partial charge is 0.407 e. The minimum Gasteiger partial charge on any atom is -0.453 e. The third-order valence-corrected chi connectivity index (χ3v) is 10.7. The van der Waals surface area contributed by atoms with Crippen molar-refractivity contribution < 1.29 is 29.0 Å². The minimum atomic E-state index is -0.742. The van der Waals surface area contributed by atoms with Gasteiger partial charge in [-0.05, 0) is 67.9 Å². The van der Waals surface area contributed by atoms with E-state index in [1.54, 1.807) is 22.2 Å². The molecule has 0 saturated carbocycles. The van der Waals surface area contributed by atoms with E-state index in [9.17, 15) is 24.3 Å². The number of aromatic nitrogens is 6. The van der Waals surface area contributed by atoms with E-state index >= 15 is 0 Å². The fraction of sp³-hybridized carbons (Fsp3) is 0.450. The zero-order chi connectivity index (χ0) is 40.4. The molecule has 2 saturated heterocycles. The van der Waals surface area contributed by atoms with E-state index in [4.69, 9.17) is 14.7 Å². The lowest BCUT2D eigenvalue weighted by Crippen LogP contribution is -2.51. The molecule has 2 fully saturated rings. The summed E-state index contributed by atoms with van der Waals surface area (Å²) in [6.07, 6.45) is 5.85. The van der Waals surface area contributed by atoms with E-state index in [0.717, 1.165) is 59.0 Å². The maximum Gasteiger partial charge on any atom is 0.407 e. The van der Waals surface area contributed by atoms with Gasteiger partial charge in [-0.3, -0.25) is 19.4 Å². The molecule has 5 heterocycles. The molecule has 17 heteroatoms. The number of anilines is 2. The van der Waals surface area contributed by atoms with E-state index in [1.165, 1.54) is 7.11 Å². The van der Waals surface area contributed by atoms with Gasteiger partial charge in [-0.2, -0.15) is 0 Å². The number of rotatable bonds is 12. The van der Waals surface area contributed by atoms with Crippen LogP contribution in [-0.4, -0.2) is 108 Å². The van der Waals surface area contributed by atoms with Crippen molar-refractivity contribution in [1.29, 1.82) is 0 Å². The highest BCUT2D eigenvalue weighted by Crippen LogP contribution is 2.35. The summed E-state index contributed by atoms with van der Waals surface area (Å²) in [6, 6.07) is 9.60. The third-order valence-electron chi connectivity index (χ3n) is 10.7. The van der Waals surface area contributed by atoms with Gasteiger partial charge < -0.3 is 45.6 Å². The minimum absolute atomic E-state index is 0.124. The quantitative estimate of drug-likeness (QED) is 0.104. The number of nitrogens with one attached hydrogen (secondary N) is 5. The van der Waals surface area contributed by atoms with Gasteiger partial charge in [0.1, 0.15) is 36.2 Å². The maximum absolute atomic E-state index is 13.6. The number of aliphatic hydroxyl groups excluding tert-OH is 1. The molecular formula is C40H49N11O6. The van der Waals surface area contributed by atoms with Gasteiger partial charge in [0, 0.05) is 24.3 Å². The monoisotopic (exact) mass is 779 g/mol. The van der Waals surface area contributed by atoms with Crippen LogP contribution in [0.25, 0.3) is 33.3 Å². The Labute approximate surface area is 329 Å². The second kappa shape index (κ2) is 16.6. The summed E-state index contributed by atoms with van der Waals surface area (Å²) < 4.78 is 4.76. The molecule has 4 amide bonds. The number of amides is 4. The van der Waals surface area contributed by atoms with Gasteiger partial charge in [0.05, 0.1) is 59.3 Å². The molecule has 5 aromatic rings. The van der Waals surface area contributed by atoms with Crippen LogP contribution >= 0.6 is 0 Å². The maximum atomic E-state index is 13.6. The summed E-state index contributed by atoms with van der Waals surface area (Å²) in [4.78, 5) is 80.4. The van der Waals surface area contributed by atoms with Gasteiger partial charge in [0.2, 0.25) is 17.7 Å². The number of carbonyl (C=O) groups excluding carboxylic acids is 4. The molecule has 0 radical (unpaired) electrons. The van der Waals surface area contributed by atoms with Gasteiger partial charge >= 0.3 is 6.09 Å². The summed E-state index contributed by atoms with van der Waals surface area (Å²) in [5.74, 6) is 0.710. The van der Waals surface area contributed by atoms with E-state index in [1.807, 2.05) is 64.1 Å². The summed E-state index contributed by atoms with van der Waals surface area (Å²) >= 11 is 0. The van der Waals surface area contributed by atoms with Crippen molar-refractivity contribution in [3.63, 3.8) is 0 Å². The molecular weight excluding hydrogens is 731 g/mol. The molecule has 300 valence electrons. The van der Waals surface area contributed by atoms with E-state index in [0.29, 0.717) is 36.3 Å². The Hall–Kier alpha value is -6.10. The zero-order valence-corrected chi connectivity index (χ0v) is 32.7. The van der Waals surface area contributed by atoms with Crippen molar-refractivity contribution >= 4 is 57.4 Å². The number of H-pyrrole nitrogens is 2. The number of nitrogens with zero attached hydrogens (tertiary/aromatic N) is 6. The van der Waals surface area contributed by atoms with Crippen LogP contribution in [0.4, 0.5) is 16.3 Å². The molecule has 6 N–H and O–H groups in total. The van der Waals surface area contributed by atoms with Crippen molar-refractivity contribution in [3.05, 3.63) is 60.4 Å². The van der Waals surface area contributed by atoms with Crippen LogP contribution in [0.2, 0.25) is 0 Å². The Morgan fingerprint density at radius 3 is 1.93 bits per heavy atom. The van der Waals surface area contributed by atoms with Crippen LogP contribution < -0.4 is 16.0 Å². The van der Waals surface area contributed by atoms with Crippen LogP contribution in [0.15, 0.2) is 48.8 Å². The number of benzene rings is 2. The Kier molecular flexibility index (Phi) is 11.4. The highest BCUT2D eigenvalue weighted by atomic mass is 16.5. The van der Waals surface area contributed by atoms with E-state index in [2.05, 4.69) is 35.9 Å². The normalized spacial score (nSPS) is 18.0. The number of hydrogen-bond acceptors (Lipinski definition) is 11. The Balaban J connectivity index is 1.03. The van der Waals surface area contributed by atoms with Crippen molar-refractivity contribution in [2.24, 2.45) is 11.8 Å². The van der Waals surface area contributed by atoms with Crippen LogP contribution in [0.3, 0.4) is 0 Å². The van der Waals surface area contributed by atoms with E-state index < -0.39 is 30.7 Å². The lowest BCUT2D eigenvalue weighted by atomic mass is 10.0. The lowest BCUT2D eigenvalue weighted by Gasteiger charge is -2.30. The Morgan fingerprint density at radius 2 is 1.39 bits per heavy atom. The van der Waals surface area contributed by atoms with Gasteiger partial charge in [0.25, 0.3) is 0 Å². The molecule has 2 aliphatic heterocycles. The van der Waals surface area contributed by atoms with Crippen LogP contribution in [0.1, 0.15) is 77.1 Å². The van der Waals surface area contributed by atoms with Gasteiger partial charge in [-0.1, -0.05) is 33.8 Å². The van der Waals surface area contributed by atoms with Gasteiger partial charge in [-0.25, -0.2) is 19.7 Å². The zero-order valence-electron chi connectivity index (χ0n) is 32.7. The summed E-state index contributed by atoms with van der Waals surface area (Å²) in [6.45, 7) is 7.96. The molecule has 2 aliphatic rings. The molecule has 0 spiro atoms.